The fourth-order valence-corrected chi connectivity index (χ4v) is 2.64. The minimum absolute atomic E-state index is 0.0783. The molecule has 0 bridgehead atoms. The lowest BCUT2D eigenvalue weighted by molar-refractivity contribution is 0.0739. The van der Waals surface area contributed by atoms with Crippen molar-refractivity contribution >= 4 is 5.91 Å². The first-order valence-electron chi connectivity index (χ1n) is 8.09. The van der Waals surface area contributed by atoms with Crippen molar-refractivity contribution in [2.45, 2.75) is 25.8 Å². The molecule has 6 nitrogen and oxygen atoms in total. The van der Waals surface area contributed by atoms with Crippen LogP contribution in [0.3, 0.4) is 0 Å². The van der Waals surface area contributed by atoms with Crippen molar-refractivity contribution < 1.29 is 14.3 Å². The van der Waals surface area contributed by atoms with Gasteiger partial charge in [-0.25, -0.2) is 0 Å². The van der Waals surface area contributed by atoms with E-state index < -0.39 is 0 Å². The average molecular weight is 309 g/mol. The number of likely N-dealkylation sites (tertiary alicyclic amines) is 1. The molecule has 1 fully saturated rings. The largest absolute Gasteiger partial charge is 0.455 e. The SMILES string of the molecule is CN(CCN1CCCCC1)C(=O)c1ccc(CNCCO)o1. The minimum Gasteiger partial charge on any atom is -0.455 e. The van der Waals surface area contributed by atoms with Crippen LogP contribution in [0.4, 0.5) is 0 Å². The fourth-order valence-electron chi connectivity index (χ4n) is 2.64. The highest BCUT2D eigenvalue weighted by molar-refractivity contribution is 5.91. The number of piperidine rings is 1. The average Bonchev–Trinajstić information content (AvgIpc) is 3.02. The zero-order chi connectivity index (χ0) is 15.8. The van der Waals surface area contributed by atoms with Crippen LogP contribution in [0.15, 0.2) is 16.5 Å². The Kier molecular flexibility index (Phi) is 6.89. The van der Waals surface area contributed by atoms with Crippen LogP contribution >= 0.6 is 0 Å². The van der Waals surface area contributed by atoms with Gasteiger partial charge in [0.05, 0.1) is 13.2 Å². The van der Waals surface area contributed by atoms with Gasteiger partial charge >= 0.3 is 0 Å². The molecule has 2 N–H and O–H groups in total. The van der Waals surface area contributed by atoms with E-state index in [4.69, 9.17) is 9.52 Å². The van der Waals surface area contributed by atoms with Crippen LogP contribution in [0, 0.1) is 0 Å². The Bertz CT molecular complexity index is 455. The molecule has 1 amide bonds. The number of rotatable bonds is 8. The summed E-state index contributed by atoms with van der Waals surface area (Å²) in [5.74, 6) is 1.01. The van der Waals surface area contributed by atoms with Crippen molar-refractivity contribution in [3.05, 3.63) is 23.7 Å². The molecular formula is C16H27N3O3. The van der Waals surface area contributed by atoms with Crippen LogP contribution in [-0.2, 0) is 6.54 Å². The molecule has 1 aliphatic heterocycles. The quantitative estimate of drug-likeness (QED) is 0.699. The Morgan fingerprint density at radius 1 is 1.36 bits per heavy atom. The summed E-state index contributed by atoms with van der Waals surface area (Å²) in [6, 6.07) is 3.52. The summed E-state index contributed by atoms with van der Waals surface area (Å²) < 4.78 is 5.56. The molecule has 0 unspecified atom stereocenters. The minimum atomic E-state index is -0.0783. The van der Waals surface area contributed by atoms with Gasteiger partial charge in [-0.15, -0.1) is 0 Å². The first kappa shape index (κ1) is 17.0. The van der Waals surface area contributed by atoms with Crippen LogP contribution in [0.2, 0.25) is 0 Å². The lowest BCUT2D eigenvalue weighted by atomic mass is 10.1. The Morgan fingerprint density at radius 3 is 2.86 bits per heavy atom. The Balaban J connectivity index is 1.77. The highest BCUT2D eigenvalue weighted by atomic mass is 16.4. The van der Waals surface area contributed by atoms with Crippen LogP contribution in [0.5, 0.6) is 0 Å². The summed E-state index contributed by atoms with van der Waals surface area (Å²) in [5.41, 5.74) is 0. The maximum absolute atomic E-state index is 12.3. The predicted octanol–water partition coefficient (Wildman–Crippen LogP) is 0.919. The molecule has 22 heavy (non-hydrogen) atoms. The zero-order valence-corrected chi connectivity index (χ0v) is 13.4. The van der Waals surface area contributed by atoms with Gasteiger partial charge in [-0.1, -0.05) is 6.42 Å². The standard InChI is InChI=1S/C16H27N3O3/c1-18(10-11-19-8-3-2-4-9-19)16(21)15-6-5-14(22-15)13-17-7-12-20/h5-6,17,20H,2-4,7-13H2,1H3. The molecule has 0 radical (unpaired) electrons. The number of furan rings is 1. The van der Waals surface area contributed by atoms with E-state index in [1.54, 1.807) is 17.0 Å². The fraction of sp³-hybridized carbons (Fsp3) is 0.688. The van der Waals surface area contributed by atoms with Crippen molar-refractivity contribution in [3.8, 4) is 0 Å². The molecule has 124 valence electrons. The van der Waals surface area contributed by atoms with E-state index in [-0.39, 0.29) is 12.5 Å². The number of nitrogens with one attached hydrogen (secondary N) is 1. The Labute approximate surface area is 132 Å². The van der Waals surface area contributed by atoms with Gasteiger partial charge in [-0.2, -0.15) is 0 Å². The summed E-state index contributed by atoms with van der Waals surface area (Å²) in [6.07, 6.45) is 3.85. The molecular weight excluding hydrogens is 282 g/mol. The number of amides is 1. The lowest BCUT2D eigenvalue weighted by Crippen LogP contribution is -2.38. The molecule has 0 atom stereocenters. The van der Waals surface area contributed by atoms with Gasteiger partial charge in [0.15, 0.2) is 5.76 Å². The third kappa shape index (κ3) is 5.12. The second-order valence-electron chi connectivity index (χ2n) is 5.80. The molecule has 1 aromatic rings. The first-order valence-corrected chi connectivity index (χ1v) is 8.09. The van der Waals surface area contributed by atoms with E-state index in [1.807, 2.05) is 7.05 Å². The van der Waals surface area contributed by atoms with Crippen molar-refractivity contribution in [2.75, 3.05) is 46.4 Å². The third-order valence-electron chi connectivity index (χ3n) is 4.01. The van der Waals surface area contributed by atoms with Gasteiger partial charge < -0.3 is 24.6 Å². The van der Waals surface area contributed by atoms with E-state index >= 15 is 0 Å². The summed E-state index contributed by atoms with van der Waals surface area (Å²) in [6.45, 7) is 5.05. The molecule has 1 saturated heterocycles. The van der Waals surface area contributed by atoms with Crippen LogP contribution in [0.25, 0.3) is 0 Å². The van der Waals surface area contributed by atoms with Gasteiger partial charge in [0.25, 0.3) is 5.91 Å². The number of carbonyl (C=O) groups excluding carboxylic acids is 1. The normalized spacial score (nSPS) is 15.9. The first-order chi connectivity index (χ1) is 10.7. The molecule has 0 aromatic carbocycles. The van der Waals surface area contributed by atoms with Crippen molar-refractivity contribution in [1.82, 2.24) is 15.1 Å². The molecule has 0 aliphatic carbocycles. The van der Waals surface area contributed by atoms with Crippen LogP contribution in [-0.4, -0.2) is 67.2 Å². The van der Waals surface area contributed by atoms with E-state index in [0.717, 1.165) is 26.2 Å². The monoisotopic (exact) mass is 309 g/mol. The second-order valence-corrected chi connectivity index (χ2v) is 5.80. The molecule has 2 heterocycles. The molecule has 1 aromatic heterocycles. The number of aliphatic hydroxyl groups is 1. The van der Waals surface area contributed by atoms with E-state index in [2.05, 4.69) is 10.2 Å². The van der Waals surface area contributed by atoms with E-state index in [1.165, 1.54) is 19.3 Å². The summed E-state index contributed by atoms with van der Waals surface area (Å²) in [4.78, 5) is 16.5. The molecule has 2 rings (SSSR count). The second kappa shape index (κ2) is 8.92. The highest BCUT2D eigenvalue weighted by Gasteiger charge is 2.17. The Hall–Kier alpha value is -1.37. The van der Waals surface area contributed by atoms with E-state index in [9.17, 15) is 4.79 Å². The van der Waals surface area contributed by atoms with Crippen LogP contribution < -0.4 is 5.32 Å². The smallest absolute Gasteiger partial charge is 0.289 e. The van der Waals surface area contributed by atoms with E-state index in [0.29, 0.717) is 24.6 Å². The van der Waals surface area contributed by atoms with Gasteiger partial charge in [0, 0.05) is 26.7 Å². The lowest BCUT2D eigenvalue weighted by Gasteiger charge is -2.28. The summed E-state index contributed by atoms with van der Waals surface area (Å²) in [5, 5.41) is 11.7. The topological polar surface area (TPSA) is 69.0 Å². The third-order valence-corrected chi connectivity index (χ3v) is 4.01. The van der Waals surface area contributed by atoms with Gasteiger partial charge in [-0.05, 0) is 38.1 Å². The molecule has 0 spiro atoms. The van der Waals surface area contributed by atoms with Gasteiger partial charge in [0.2, 0.25) is 0 Å². The van der Waals surface area contributed by atoms with Gasteiger partial charge in [-0.3, -0.25) is 4.79 Å². The number of nitrogens with zero attached hydrogens (tertiary/aromatic N) is 2. The predicted molar refractivity (Wildman–Crippen MR) is 84.8 cm³/mol. The summed E-state index contributed by atoms with van der Waals surface area (Å²) >= 11 is 0. The van der Waals surface area contributed by atoms with Crippen molar-refractivity contribution in [3.63, 3.8) is 0 Å². The number of aliphatic hydroxyl groups excluding tert-OH is 1. The zero-order valence-electron chi connectivity index (χ0n) is 13.4. The number of hydrogen-bond donors (Lipinski definition) is 2. The van der Waals surface area contributed by atoms with Crippen molar-refractivity contribution in [2.24, 2.45) is 0 Å². The molecule has 1 aliphatic rings. The molecule has 0 saturated carbocycles. The van der Waals surface area contributed by atoms with Crippen LogP contribution in [0.1, 0.15) is 35.6 Å². The summed E-state index contributed by atoms with van der Waals surface area (Å²) in [7, 11) is 1.82. The number of likely N-dealkylation sites (N-methyl/N-ethyl adjacent to an activating group) is 1. The highest BCUT2D eigenvalue weighted by Crippen LogP contribution is 2.11. The van der Waals surface area contributed by atoms with Gasteiger partial charge in [0.1, 0.15) is 5.76 Å². The Morgan fingerprint density at radius 2 is 2.14 bits per heavy atom. The maximum atomic E-state index is 12.3. The molecule has 6 heteroatoms. The maximum Gasteiger partial charge on any atom is 0.289 e. The van der Waals surface area contributed by atoms with Crippen molar-refractivity contribution in [1.29, 1.82) is 0 Å². The number of hydrogen-bond acceptors (Lipinski definition) is 5. The number of carbonyl (C=O) groups is 1.